The van der Waals surface area contributed by atoms with Crippen LogP contribution in [0.5, 0.6) is 0 Å². The second-order valence-electron chi connectivity index (χ2n) is 12.4. The van der Waals surface area contributed by atoms with Crippen LogP contribution >= 0.6 is 0 Å². The number of carbonyl (C=O) groups is 3. The van der Waals surface area contributed by atoms with Crippen LogP contribution in [0.3, 0.4) is 0 Å². The first kappa shape index (κ1) is 33.5. The first-order valence-electron chi connectivity index (χ1n) is 16.6. The fraction of sp³-hybridized carbons (Fsp3) is 0.250. The molecule has 9 nitrogen and oxygen atoms in total. The number of fused-ring (bicyclic) bond motifs is 1. The van der Waals surface area contributed by atoms with Crippen molar-refractivity contribution in [3.63, 3.8) is 0 Å². The van der Waals surface area contributed by atoms with Crippen molar-refractivity contribution < 1.29 is 24.6 Å². The molecule has 0 aliphatic carbocycles. The summed E-state index contributed by atoms with van der Waals surface area (Å²) in [5.74, 6) is -1.59. The molecule has 2 aliphatic heterocycles. The Morgan fingerprint density at radius 2 is 1.57 bits per heavy atom. The van der Waals surface area contributed by atoms with Gasteiger partial charge in [0, 0.05) is 43.8 Å². The highest BCUT2D eigenvalue weighted by atomic mass is 16.3. The van der Waals surface area contributed by atoms with Gasteiger partial charge in [0.25, 0.3) is 5.91 Å². The minimum absolute atomic E-state index is 0.0291. The van der Waals surface area contributed by atoms with Crippen LogP contribution in [0.1, 0.15) is 48.4 Å². The van der Waals surface area contributed by atoms with Crippen LogP contribution in [0.4, 0.5) is 11.4 Å². The number of benzene rings is 4. The van der Waals surface area contributed by atoms with Gasteiger partial charge in [-0.15, -0.1) is 0 Å². The van der Waals surface area contributed by atoms with Crippen molar-refractivity contribution >= 4 is 34.8 Å². The SMILES string of the molecule is C[C@@H](/C=C/CC(=O)N(CCO)Cc1ccccc1)[C@]1(O)C(=O)N(Cc2ccccc2)c2ccc(N3N=C(c4ccccc4)CCC3=O)cc21. The van der Waals surface area contributed by atoms with E-state index in [9.17, 15) is 24.6 Å². The fourth-order valence-electron chi connectivity index (χ4n) is 6.44. The molecule has 2 N–H and O–H groups in total. The Hall–Kier alpha value is -5.38. The summed E-state index contributed by atoms with van der Waals surface area (Å²) in [6.07, 6.45) is 4.18. The van der Waals surface area contributed by atoms with Crippen LogP contribution in [0, 0.1) is 5.92 Å². The number of carbonyl (C=O) groups excluding carboxylic acids is 3. The van der Waals surface area contributed by atoms with Gasteiger partial charge >= 0.3 is 0 Å². The quantitative estimate of drug-likeness (QED) is 0.194. The second kappa shape index (κ2) is 14.8. The van der Waals surface area contributed by atoms with Crippen molar-refractivity contribution in [2.45, 2.75) is 44.9 Å². The Bertz CT molecular complexity index is 1860. The molecule has 4 aromatic rings. The number of nitrogens with zero attached hydrogens (tertiary/aromatic N) is 4. The van der Waals surface area contributed by atoms with E-state index in [1.54, 1.807) is 47.1 Å². The van der Waals surface area contributed by atoms with Gasteiger partial charge in [-0.3, -0.25) is 14.4 Å². The summed E-state index contributed by atoms with van der Waals surface area (Å²) in [5.41, 5.74) is 2.95. The molecular formula is C40H40N4O5. The topological polar surface area (TPSA) is 114 Å². The van der Waals surface area contributed by atoms with Gasteiger partial charge in [-0.2, -0.15) is 5.10 Å². The fourth-order valence-corrected chi connectivity index (χ4v) is 6.44. The van der Waals surface area contributed by atoms with E-state index in [1.165, 1.54) is 5.01 Å². The average Bonchev–Trinajstić information content (AvgIpc) is 3.34. The Morgan fingerprint density at radius 1 is 0.918 bits per heavy atom. The zero-order valence-corrected chi connectivity index (χ0v) is 27.5. The maximum absolute atomic E-state index is 14.2. The van der Waals surface area contributed by atoms with Crippen molar-refractivity contribution in [2.24, 2.45) is 11.0 Å². The minimum atomic E-state index is -1.97. The van der Waals surface area contributed by atoms with Crippen LogP contribution in [0.15, 0.2) is 126 Å². The zero-order valence-electron chi connectivity index (χ0n) is 27.5. The molecule has 6 rings (SSSR count). The highest BCUT2D eigenvalue weighted by molar-refractivity contribution is 6.10. The lowest BCUT2D eigenvalue weighted by atomic mass is 9.82. The van der Waals surface area contributed by atoms with Gasteiger partial charge < -0.3 is 20.0 Å². The second-order valence-corrected chi connectivity index (χ2v) is 12.4. The molecule has 0 fully saturated rings. The summed E-state index contributed by atoms with van der Waals surface area (Å²) in [4.78, 5) is 43.8. The monoisotopic (exact) mass is 656 g/mol. The first-order valence-corrected chi connectivity index (χ1v) is 16.6. The van der Waals surface area contributed by atoms with Gasteiger partial charge in [-0.05, 0) is 34.9 Å². The summed E-state index contributed by atoms with van der Waals surface area (Å²) in [7, 11) is 0. The molecule has 4 aromatic carbocycles. The minimum Gasteiger partial charge on any atom is -0.395 e. The largest absolute Gasteiger partial charge is 0.395 e. The molecule has 0 bridgehead atoms. The first-order chi connectivity index (χ1) is 23.8. The van der Waals surface area contributed by atoms with E-state index in [2.05, 4.69) is 0 Å². The van der Waals surface area contributed by atoms with E-state index in [4.69, 9.17) is 5.10 Å². The van der Waals surface area contributed by atoms with Gasteiger partial charge in [0.1, 0.15) is 0 Å². The van der Waals surface area contributed by atoms with Gasteiger partial charge in [-0.1, -0.05) is 110 Å². The molecule has 49 heavy (non-hydrogen) atoms. The molecule has 0 aromatic heterocycles. The number of aliphatic hydroxyl groups excluding tert-OH is 1. The lowest BCUT2D eigenvalue weighted by Gasteiger charge is -2.29. The van der Waals surface area contributed by atoms with E-state index >= 15 is 0 Å². The number of anilines is 2. The van der Waals surface area contributed by atoms with Gasteiger partial charge in [0.05, 0.1) is 30.2 Å². The zero-order chi connectivity index (χ0) is 34.4. The van der Waals surface area contributed by atoms with E-state index in [1.807, 2.05) is 91.0 Å². The number of hydrogen-bond donors (Lipinski definition) is 2. The standard InChI is InChI=1S/C40H40N4O5/c1-29(12-11-19-37(46)42(24-25-45)27-30-13-5-2-6-14-30)40(49)34-26-33(44-38(47)23-21-35(41-44)32-17-9-4-10-18-32)20-22-36(34)43(39(40)48)28-31-15-7-3-8-16-31/h2-18,20,22,26,29,45,49H,19,21,23-25,27-28H2,1H3/b12-11+/t29-,40+/m0/s1. The molecule has 3 amide bonds. The highest BCUT2D eigenvalue weighted by Crippen LogP contribution is 2.47. The predicted octanol–water partition coefficient (Wildman–Crippen LogP) is 5.56. The normalized spacial score (nSPS) is 18.1. The number of hydrogen-bond acceptors (Lipinski definition) is 6. The molecule has 0 radical (unpaired) electrons. The van der Waals surface area contributed by atoms with Crippen LogP contribution in [-0.4, -0.2) is 51.7 Å². The number of rotatable bonds is 12. The number of amides is 3. The molecule has 2 aliphatic rings. The van der Waals surface area contributed by atoms with Crippen LogP contribution in [0.25, 0.3) is 0 Å². The van der Waals surface area contributed by atoms with Crippen molar-refractivity contribution in [3.8, 4) is 0 Å². The third-order valence-electron chi connectivity index (χ3n) is 9.14. The summed E-state index contributed by atoms with van der Waals surface area (Å²) in [6, 6.07) is 34.0. The summed E-state index contributed by atoms with van der Waals surface area (Å²) in [6.45, 7) is 2.38. The lowest BCUT2D eigenvalue weighted by Crippen LogP contribution is -2.44. The van der Waals surface area contributed by atoms with Crippen LogP contribution in [0.2, 0.25) is 0 Å². The third-order valence-corrected chi connectivity index (χ3v) is 9.14. The molecule has 9 heteroatoms. The maximum Gasteiger partial charge on any atom is 0.264 e. The van der Waals surface area contributed by atoms with Crippen LogP contribution in [-0.2, 0) is 33.1 Å². The Labute approximate surface area is 286 Å². The Morgan fingerprint density at radius 3 is 2.24 bits per heavy atom. The Kier molecular flexibility index (Phi) is 10.1. The van der Waals surface area contributed by atoms with E-state index < -0.39 is 17.4 Å². The molecule has 2 heterocycles. The summed E-state index contributed by atoms with van der Waals surface area (Å²) >= 11 is 0. The Balaban J connectivity index is 1.30. The van der Waals surface area contributed by atoms with E-state index in [-0.39, 0.29) is 44.4 Å². The molecule has 250 valence electrons. The molecule has 0 saturated carbocycles. The molecular weight excluding hydrogens is 616 g/mol. The molecule has 0 unspecified atom stereocenters. The third kappa shape index (κ3) is 7.09. The predicted molar refractivity (Wildman–Crippen MR) is 190 cm³/mol. The summed E-state index contributed by atoms with van der Waals surface area (Å²) in [5, 5.41) is 28.0. The highest BCUT2D eigenvalue weighted by Gasteiger charge is 2.52. The molecule has 0 saturated heterocycles. The molecule has 0 spiro atoms. The lowest BCUT2D eigenvalue weighted by molar-refractivity contribution is -0.139. The maximum atomic E-state index is 14.2. The van der Waals surface area contributed by atoms with Crippen LogP contribution < -0.4 is 9.91 Å². The van der Waals surface area contributed by atoms with Crippen molar-refractivity contribution in [2.75, 3.05) is 23.1 Å². The summed E-state index contributed by atoms with van der Waals surface area (Å²) < 4.78 is 0. The van der Waals surface area contributed by atoms with Gasteiger partial charge in [0.15, 0.2) is 5.60 Å². The van der Waals surface area contributed by atoms with Crippen molar-refractivity contribution in [3.05, 3.63) is 144 Å². The number of hydrazone groups is 1. The van der Waals surface area contributed by atoms with Gasteiger partial charge in [0.2, 0.25) is 11.8 Å². The van der Waals surface area contributed by atoms with Crippen molar-refractivity contribution in [1.29, 1.82) is 0 Å². The van der Waals surface area contributed by atoms with E-state index in [0.717, 1.165) is 22.4 Å². The van der Waals surface area contributed by atoms with Gasteiger partial charge in [-0.25, -0.2) is 5.01 Å². The average molecular weight is 657 g/mol. The number of aliphatic hydroxyl groups is 2. The van der Waals surface area contributed by atoms with Crippen molar-refractivity contribution in [1.82, 2.24) is 4.90 Å². The van der Waals surface area contributed by atoms with E-state index in [0.29, 0.717) is 29.9 Å². The molecule has 2 atom stereocenters. The smallest absolute Gasteiger partial charge is 0.264 e.